The molecule has 2 aliphatic rings. The van der Waals surface area contributed by atoms with Gasteiger partial charge in [-0.3, -0.25) is 0 Å². The average molecular weight is 193 g/mol. The first kappa shape index (κ1) is 9.32. The number of carbonyl (C=O) groups excluding carboxylic acids is 1. The van der Waals surface area contributed by atoms with E-state index in [9.17, 15) is 4.79 Å². The van der Waals surface area contributed by atoms with Gasteiger partial charge < -0.3 is 10.2 Å². The van der Waals surface area contributed by atoms with Crippen LogP contribution in [0, 0.1) is 17.2 Å². The smallest absolute Gasteiger partial charge is 0.317 e. The summed E-state index contributed by atoms with van der Waals surface area (Å²) < 4.78 is 0. The molecule has 1 aliphatic carbocycles. The lowest BCUT2D eigenvalue weighted by Gasteiger charge is -2.35. The number of nitriles is 1. The quantitative estimate of drug-likeness (QED) is 0.677. The van der Waals surface area contributed by atoms with Crippen molar-refractivity contribution in [1.82, 2.24) is 10.2 Å². The highest BCUT2D eigenvalue weighted by molar-refractivity contribution is 5.75. The van der Waals surface area contributed by atoms with Gasteiger partial charge in [0.25, 0.3) is 0 Å². The topological polar surface area (TPSA) is 56.1 Å². The zero-order chi connectivity index (χ0) is 9.97. The van der Waals surface area contributed by atoms with Crippen molar-refractivity contribution in [3.63, 3.8) is 0 Å². The predicted molar refractivity (Wildman–Crippen MR) is 51.5 cm³/mol. The second-order valence-corrected chi connectivity index (χ2v) is 4.16. The first-order chi connectivity index (χ1) is 6.79. The van der Waals surface area contributed by atoms with Crippen molar-refractivity contribution < 1.29 is 4.79 Å². The van der Waals surface area contributed by atoms with Gasteiger partial charge in [-0.2, -0.15) is 5.26 Å². The van der Waals surface area contributed by atoms with Crippen LogP contribution in [0.25, 0.3) is 0 Å². The van der Waals surface area contributed by atoms with Crippen LogP contribution in [0.3, 0.4) is 0 Å². The molecular formula is C10H15N3O. The van der Waals surface area contributed by atoms with E-state index in [1.54, 1.807) is 4.90 Å². The highest BCUT2D eigenvalue weighted by Gasteiger charge is 2.31. The molecule has 0 atom stereocenters. The van der Waals surface area contributed by atoms with Gasteiger partial charge in [-0.05, 0) is 12.8 Å². The second-order valence-electron chi connectivity index (χ2n) is 4.16. The summed E-state index contributed by atoms with van der Waals surface area (Å²) in [7, 11) is 0. The summed E-state index contributed by atoms with van der Waals surface area (Å²) in [4.78, 5) is 13.3. The van der Waals surface area contributed by atoms with Gasteiger partial charge >= 0.3 is 6.03 Å². The molecule has 1 aliphatic heterocycles. The highest BCUT2D eigenvalue weighted by Crippen LogP contribution is 2.19. The standard InChI is InChI=1S/C10H15N3O/c11-5-8-6-13(7-8)10(14)12-9-3-1-2-4-9/h8-9H,1-4,6-7H2,(H,12,14). The van der Waals surface area contributed by atoms with Gasteiger partial charge in [-0.15, -0.1) is 0 Å². The Kier molecular flexibility index (Phi) is 2.58. The molecule has 76 valence electrons. The molecule has 0 bridgehead atoms. The van der Waals surface area contributed by atoms with Gasteiger partial charge in [0.05, 0.1) is 12.0 Å². The molecule has 1 saturated heterocycles. The molecule has 4 heteroatoms. The Bertz CT molecular complexity index is 259. The van der Waals surface area contributed by atoms with Crippen LogP contribution in [0.5, 0.6) is 0 Å². The lowest BCUT2D eigenvalue weighted by atomic mass is 10.0. The Morgan fingerprint density at radius 3 is 2.57 bits per heavy atom. The summed E-state index contributed by atoms with van der Waals surface area (Å²) in [5.41, 5.74) is 0. The molecule has 1 N–H and O–H groups in total. The van der Waals surface area contributed by atoms with Crippen molar-refractivity contribution >= 4 is 6.03 Å². The molecule has 2 rings (SSSR count). The van der Waals surface area contributed by atoms with Crippen LogP contribution in [-0.2, 0) is 0 Å². The Labute approximate surface area is 83.9 Å². The maximum absolute atomic E-state index is 11.5. The first-order valence-corrected chi connectivity index (χ1v) is 5.24. The van der Waals surface area contributed by atoms with Crippen molar-refractivity contribution in [2.45, 2.75) is 31.7 Å². The molecule has 0 spiro atoms. The van der Waals surface area contributed by atoms with E-state index in [1.807, 2.05) is 0 Å². The Morgan fingerprint density at radius 1 is 1.36 bits per heavy atom. The van der Waals surface area contributed by atoms with E-state index < -0.39 is 0 Å². The van der Waals surface area contributed by atoms with Gasteiger partial charge in [0.1, 0.15) is 0 Å². The fourth-order valence-electron chi connectivity index (χ4n) is 2.06. The summed E-state index contributed by atoms with van der Waals surface area (Å²) in [5, 5.41) is 11.6. The fourth-order valence-corrected chi connectivity index (χ4v) is 2.06. The monoisotopic (exact) mass is 193 g/mol. The fraction of sp³-hybridized carbons (Fsp3) is 0.800. The van der Waals surface area contributed by atoms with Gasteiger partial charge in [0, 0.05) is 19.1 Å². The normalized spacial score (nSPS) is 22.9. The zero-order valence-electron chi connectivity index (χ0n) is 8.20. The SMILES string of the molecule is N#CC1CN(C(=O)NC2CCCC2)C1. The van der Waals surface area contributed by atoms with E-state index >= 15 is 0 Å². The van der Waals surface area contributed by atoms with E-state index in [-0.39, 0.29) is 11.9 Å². The number of rotatable bonds is 1. The Morgan fingerprint density at radius 2 is 2.00 bits per heavy atom. The molecule has 0 unspecified atom stereocenters. The van der Waals surface area contributed by atoms with Crippen molar-refractivity contribution in [2.24, 2.45) is 5.92 Å². The number of carbonyl (C=O) groups is 1. The number of nitrogens with one attached hydrogen (secondary N) is 1. The van der Waals surface area contributed by atoms with Gasteiger partial charge in [-0.25, -0.2) is 4.79 Å². The molecule has 4 nitrogen and oxygen atoms in total. The number of hydrogen-bond acceptors (Lipinski definition) is 2. The van der Waals surface area contributed by atoms with E-state index in [0.717, 1.165) is 12.8 Å². The summed E-state index contributed by atoms with van der Waals surface area (Å²) >= 11 is 0. The van der Waals surface area contributed by atoms with Crippen molar-refractivity contribution in [1.29, 1.82) is 5.26 Å². The number of amides is 2. The van der Waals surface area contributed by atoms with Crippen LogP contribution in [0.15, 0.2) is 0 Å². The molecule has 2 amide bonds. The Balaban J connectivity index is 1.72. The van der Waals surface area contributed by atoms with Crippen molar-refractivity contribution in [2.75, 3.05) is 13.1 Å². The van der Waals surface area contributed by atoms with Gasteiger partial charge in [0.15, 0.2) is 0 Å². The summed E-state index contributed by atoms with van der Waals surface area (Å²) in [5.74, 6) is 0.0596. The molecule has 1 saturated carbocycles. The van der Waals surface area contributed by atoms with Gasteiger partial charge in [0.2, 0.25) is 0 Å². The largest absolute Gasteiger partial charge is 0.335 e. The highest BCUT2D eigenvalue weighted by atomic mass is 16.2. The molecule has 0 aromatic heterocycles. The van der Waals surface area contributed by atoms with Crippen LogP contribution >= 0.6 is 0 Å². The van der Waals surface area contributed by atoms with Crippen LogP contribution in [0.2, 0.25) is 0 Å². The maximum Gasteiger partial charge on any atom is 0.317 e. The van der Waals surface area contributed by atoms with Crippen LogP contribution < -0.4 is 5.32 Å². The number of urea groups is 1. The van der Waals surface area contributed by atoms with E-state index in [0.29, 0.717) is 19.1 Å². The predicted octanol–water partition coefficient (Wildman–Crippen LogP) is 1.09. The number of hydrogen-bond donors (Lipinski definition) is 1. The van der Waals surface area contributed by atoms with Crippen LogP contribution in [-0.4, -0.2) is 30.1 Å². The van der Waals surface area contributed by atoms with Crippen LogP contribution in [0.1, 0.15) is 25.7 Å². The summed E-state index contributed by atoms with van der Waals surface area (Å²) in [6.07, 6.45) is 4.68. The Hall–Kier alpha value is -1.24. The maximum atomic E-state index is 11.5. The van der Waals surface area contributed by atoms with Crippen LogP contribution in [0.4, 0.5) is 4.79 Å². The van der Waals surface area contributed by atoms with Crippen molar-refractivity contribution in [3.05, 3.63) is 0 Å². The van der Waals surface area contributed by atoms with E-state index in [2.05, 4.69) is 11.4 Å². The minimum Gasteiger partial charge on any atom is -0.335 e. The molecular weight excluding hydrogens is 178 g/mol. The third kappa shape index (κ3) is 1.82. The van der Waals surface area contributed by atoms with E-state index in [1.165, 1.54) is 12.8 Å². The first-order valence-electron chi connectivity index (χ1n) is 5.24. The average Bonchev–Trinajstić information content (AvgIpc) is 2.54. The second kappa shape index (κ2) is 3.87. The molecule has 0 radical (unpaired) electrons. The van der Waals surface area contributed by atoms with Gasteiger partial charge in [-0.1, -0.05) is 12.8 Å². The number of nitrogens with zero attached hydrogens (tertiary/aromatic N) is 2. The zero-order valence-corrected chi connectivity index (χ0v) is 8.20. The van der Waals surface area contributed by atoms with E-state index in [4.69, 9.17) is 5.26 Å². The third-order valence-electron chi connectivity index (χ3n) is 3.03. The summed E-state index contributed by atoms with van der Waals surface area (Å²) in [6, 6.07) is 2.55. The lowest BCUT2D eigenvalue weighted by Crippen LogP contribution is -2.54. The molecule has 14 heavy (non-hydrogen) atoms. The number of likely N-dealkylation sites (tertiary alicyclic amines) is 1. The third-order valence-corrected chi connectivity index (χ3v) is 3.03. The minimum atomic E-state index is 0.0170. The molecule has 1 heterocycles. The molecule has 0 aromatic rings. The minimum absolute atomic E-state index is 0.0170. The van der Waals surface area contributed by atoms with Crippen molar-refractivity contribution in [3.8, 4) is 6.07 Å². The summed E-state index contributed by atoms with van der Waals surface area (Å²) in [6.45, 7) is 1.21. The lowest BCUT2D eigenvalue weighted by molar-refractivity contribution is 0.141. The molecule has 0 aromatic carbocycles. The molecule has 2 fully saturated rings.